The van der Waals surface area contributed by atoms with Crippen molar-refractivity contribution >= 4 is 23.7 Å². The van der Waals surface area contributed by atoms with Crippen LogP contribution in [0.5, 0.6) is 0 Å². The molecule has 0 unspecified atom stereocenters. The van der Waals surface area contributed by atoms with Crippen LogP contribution in [0.15, 0.2) is 36.4 Å². The van der Waals surface area contributed by atoms with Crippen molar-refractivity contribution < 1.29 is 23.9 Å². The minimum Gasteiger partial charge on any atom is -0.466 e. The molecule has 7 nitrogen and oxygen atoms in total. The molecule has 0 aliphatic carbocycles. The van der Waals surface area contributed by atoms with E-state index in [9.17, 15) is 19.2 Å². The maximum absolute atomic E-state index is 12.3. The first-order valence-electron chi connectivity index (χ1n) is 6.48. The van der Waals surface area contributed by atoms with Gasteiger partial charge in [-0.05, 0) is 18.6 Å². The van der Waals surface area contributed by atoms with Gasteiger partial charge < -0.3 is 10.5 Å². The van der Waals surface area contributed by atoms with Crippen molar-refractivity contribution in [1.29, 1.82) is 0 Å². The van der Waals surface area contributed by atoms with E-state index in [-0.39, 0.29) is 17.5 Å². The third-order valence-electron chi connectivity index (χ3n) is 3.28. The molecule has 1 aliphatic rings. The molecule has 1 heterocycles. The van der Waals surface area contributed by atoms with Gasteiger partial charge in [-0.2, -0.15) is 0 Å². The first kappa shape index (κ1) is 15.4. The van der Waals surface area contributed by atoms with Crippen LogP contribution in [0.3, 0.4) is 0 Å². The number of rotatable bonds is 5. The molecule has 114 valence electrons. The SMILES string of the molecule is COC(=O)/C=C/C[C@@H](C(N)=O)N1C(=O)c2ccccc2C1=O. The third kappa shape index (κ3) is 2.73. The molecule has 0 saturated heterocycles. The highest BCUT2D eigenvalue weighted by Crippen LogP contribution is 2.25. The van der Waals surface area contributed by atoms with Crippen LogP contribution in [0.25, 0.3) is 0 Å². The number of fused-ring (bicyclic) bond motifs is 1. The second-order valence-electron chi connectivity index (χ2n) is 4.61. The number of nitrogens with zero attached hydrogens (tertiary/aromatic N) is 1. The van der Waals surface area contributed by atoms with Crippen LogP contribution in [-0.2, 0) is 14.3 Å². The van der Waals surface area contributed by atoms with Gasteiger partial charge in [-0.1, -0.05) is 18.2 Å². The number of nitrogens with two attached hydrogens (primary N) is 1. The minimum absolute atomic E-state index is 0.0596. The van der Waals surface area contributed by atoms with E-state index in [0.29, 0.717) is 0 Å². The fraction of sp³-hybridized carbons (Fsp3) is 0.200. The molecule has 0 spiro atoms. The highest BCUT2D eigenvalue weighted by atomic mass is 16.5. The molecule has 2 N–H and O–H groups in total. The lowest BCUT2D eigenvalue weighted by atomic mass is 10.1. The van der Waals surface area contributed by atoms with Gasteiger partial charge in [0.15, 0.2) is 0 Å². The quantitative estimate of drug-likeness (QED) is 0.477. The summed E-state index contributed by atoms with van der Waals surface area (Å²) in [5, 5.41) is 0. The Morgan fingerprint density at radius 2 is 1.77 bits per heavy atom. The van der Waals surface area contributed by atoms with Crippen LogP contribution < -0.4 is 5.73 Å². The van der Waals surface area contributed by atoms with Crippen molar-refractivity contribution in [2.24, 2.45) is 5.73 Å². The number of ether oxygens (including phenoxy) is 1. The minimum atomic E-state index is -1.16. The third-order valence-corrected chi connectivity index (χ3v) is 3.28. The number of carbonyl (C=O) groups excluding carboxylic acids is 4. The molecule has 3 amide bonds. The summed E-state index contributed by atoms with van der Waals surface area (Å²) in [4.78, 5) is 48.0. The Balaban J connectivity index is 2.26. The normalized spacial score (nSPS) is 15.0. The number of amides is 3. The molecule has 22 heavy (non-hydrogen) atoms. The maximum atomic E-state index is 12.3. The van der Waals surface area contributed by atoms with E-state index in [4.69, 9.17) is 5.73 Å². The maximum Gasteiger partial charge on any atom is 0.330 e. The molecule has 1 aliphatic heterocycles. The molecule has 0 saturated carbocycles. The number of methoxy groups -OCH3 is 1. The standard InChI is InChI=1S/C15H14N2O5/c1-22-12(18)8-4-7-11(13(16)19)17-14(20)9-5-2-3-6-10(9)15(17)21/h2-6,8,11H,7H2,1H3,(H2,16,19)/b8-4+/t11-/m0/s1. The summed E-state index contributed by atoms with van der Waals surface area (Å²) in [6, 6.07) is 5.12. The predicted molar refractivity (Wildman–Crippen MR) is 75.7 cm³/mol. The van der Waals surface area contributed by atoms with Crippen LogP contribution in [0.2, 0.25) is 0 Å². The van der Waals surface area contributed by atoms with E-state index in [1.54, 1.807) is 12.1 Å². The second kappa shape index (κ2) is 6.21. The topological polar surface area (TPSA) is 107 Å². The monoisotopic (exact) mass is 302 g/mol. The summed E-state index contributed by atoms with van der Waals surface area (Å²) in [7, 11) is 1.21. The lowest BCUT2D eigenvalue weighted by Gasteiger charge is -2.22. The average molecular weight is 302 g/mol. The number of hydrogen-bond acceptors (Lipinski definition) is 5. The molecule has 0 fully saturated rings. The first-order chi connectivity index (χ1) is 10.5. The van der Waals surface area contributed by atoms with E-state index in [1.807, 2.05) is 0 Å². The number of carbonyl (C=O) groups is 4. The van der Waals surface area contributed by atoms with Crippen LogP contribution in [0.1, 0.15) is 27.1 Å². The Hall–Kier alpha value is -2.96. The van der Waals surface area contributed by atoms with Gasteiger partial charge in [0.05, 0.1) is 18.2 Å². The molecule has 7 heteroatoms. The molecule has 0 radical (unpaired) electrons. The van der Waals surface area contributed by atoms with Gasteiger partial charge in [0, 0.05) is 6.08 Å². The van der Waals surface area contributed by atoms with Crippen molar-refractivity contribution in [3.05, 3.63) is 47.5 Å². The summed E-state index contributed by atoms with van der Waals surface area (Å²) < 4.78 is 4.42. The summed E-state index contributed by atoms with van der Waals surface area (Å²) in [6.45, 7) is 0. The fourth-order valence-electron chi connectivity index (χ4n) is 2.20. The van der Waals surface area contributed by atoms with E-state index < -0.39 is 29.7 Å². The molecule has 0 bridgehead atoms. The molecule has 1 aromatic carbocycles. The molecule has 0 aromatic heterocycles. The predicted octanol–water partition coefficient (Wildman–Crippen LogP) is 0.256. The zero-order chi connectivity index (χ0) is 16.3. The Labute approximate surface area is 126 Å². The average Bonchev–Trinajstić information content (AvgIpc) is 2.76. The first-order valence-corrected chi connectivity index (χ1v) is 6.48. The fourth-order valence-corrected chi connectivity index (χ4v) is 2.20. The van der Waals surface area contributed by atoms with Crippen molar-refractivity contribution in [2.45, 2.75) is 12.5 Å². The van der Waals surface area contributed by atoms with Gasteiger partial charge in [-0.25, -0.2) is 4.79 Å². The van der Waals surface area contributed by atoms with Gasteiger partial charge >= 0.3 is 5.97 Å². The Kier molecular flexibility index (Phi) is 4.36. The summed E-state index contributed by atoms with van der Waals surface area (Å²) in [6.07, 6.45) is 2.38. The zero-order valence-electron chi connectivity index (χ0n) is 11.8. The number of imide groups is 1. The Bertz CT molecular complexity index is 645. The molecular weight excluding hydrogens is 288 g/mol. The lowest BCUT2D eigenvalue weighted by molar-refractivity contribution is -0.134. The smallest absolute Gasteiger partial charge is 0.330 e. The summed E-state index contributed by atoms with van der Waals surface area (Å²) >= 11 is 0. The van der Waals surface area contributed by atoms with Crippen molar-refractivity contribution in [3.63, 3.8) is 0 Å². The van der Waals surface area contributed by atoms with Crippen LogP contribution in [0, 0.1) is 0 Å². The van der Waals surface area contributed by atoms with Gasteiger partial charge in [0.25, 0.3) is 11.8 Å². The van der Waals surface area contributed by atoms with Crippen LogP contribution >= 0.6 is 0 Å². The second-order valence-corrected chi connectivity index (χ2v) is 4.61. The lowest BCUT2D eigenvalue weighted by Crippen LogP contribution is -2.47. The molecular formula is C15H14N2O5. The van der Waals surface area contributed by atoms with Crippen LogP contribution in [-0.4, -0.2) is 41.7 Å². The largest absolute Gasteiger partial charge is 0.466 e. The Morgan fingerprint density at radius 1 is 1.23 bits per heavy atom. The highest BCUT2D eigenvalue weighted by Gasteiger charge is 2.41. The van der Waals surface area contributed by atoms with E-state index in [0.717, 1.165) is 11.0 Å². The van der Waals surface area contributed by atoms with E-state index in [2.05, 4.69) is 4.74 Å². The molecule has 1 aromatic rings. The summed E-state index contributed by atoms with van der Waals surface area (Å²) in [5.74, 6) is -2.58. The highest BCUT2D eigenvalue weighted by molar-refractivity contribution is 6.22. The van der Waals surface area contributed by atoms with Crippen LogP contribution in [0.4, 0.5) is 0 Å². The molecule has 1 atom stereocenters. The number of benzene rings is 1. The van der Waals surface area contributed by atoms with Gasteiger partial charge in [-0.15, -0.1) is 0 Å². The van der Waals surface area contributed by atoms with Gasteiger partial charge in [0.1, 0.15) is 6.04 Å². The Morgan fingerprint density at radius 3 is 2.23 bits per heavy atom. The zero-order valence-corrected chi connectivity index (χ0v) is 11.8. The molecule has 2 rings (SSSR count). The van der Waals surface area contributed by atoms with Crippen molar-refractivity contribution in [1.82, 2.24) is 4.90 Å². The van der Waals surface area contributed by atoms with Gasteiger partial charge in [-0.3, -0.25) is 19.3 Å². The number of hydrogen-bond donors (Lipinski definition) is 1. The van der Waals surface area contributed by atoms with Crippen molar-refractivity contribution in [2.75, 3.05) is 7.11 Å². The van der Waals surface area contributed by atoms with E-state index in [1.165, 1.54) is 25.3 Å². The van der Waals surface area contributed by atoms with Crippen molar-refractivity contribution in [3.8, 4) is 0 Å². The van der Waals surface area contributed by atoms with Gasteiger partial charge in [0.2, 0.25) is 5.91 Å². The van der Waals surface area contributed by atoms with E-state index >= 15 is 0 Å². The number of esters is 1. The summed E-state index contributed by atoms with van der Waals surface area (Å²) in [5.41, 5.74) is 5.75. The number of primary amides is 1.